The Morgan fingerprint density at radius 1 is 1.11 bits per heavy atom. The number of hydrogen-bond acceptors (Lipinski definition) is 3. The molecule has 1 saturated heterocycles. The quantitative estimate of drug-likeness (QED) is 0.840. The summed E-state index contributed by atoms with van der Waals surface area (Å²) in [5, 5.41) is 2.39. The van der Waals surface area contributed by atoms with Gasteiger partial charge in [0, 0.05) is 19.0 Å². The molecule has 1 fully saturated rings. The van der Waals surface area contributed by atoms with Crippen molar-refractivity contribution in [3.8, 4) is 11.5 Å². The maximum Gasteiger partial charge on any atom is 0.418 e. The van der Waals surface area contributed by atoms with Crippen molar-refractivity contribution in [3.05, 3.63) is 53.6 Å². The molecule has 8 heteroatoms. The summed E-state index contributed by atoms with van der Waals surface area (Å²) >= 11 is 0. The zero-order chi connectivity index (χ0) is 19.0. The number of carbonyl (C=O) groups is 1. The summed E-state index contributed by atoms with van der Waals surface area (Å²) in [4.78, 5) is 14.0. The fourth-order valence-electron chi connectivity index (χ4n) is 3.42. The molecule has 2 amide bonds. The molecule has 27 heavy (non-hydrogen) atoms. The summed E-state index contributed by atoms with van der Waals surface area (Å²) in [6.45, 7) is 1.09. The van der Waals surface area contributed by atoms with E-state index in [2.05, 4.69) is 5.32 Å². The number of para-hydroxylation sites is 1. The second-order valence-electron chi connectivity index (χ2n) is 6.52. The van der Waals surface area contributed by atoms with Crippen LogP contribution < -0.4 is 14.8 Å². The van der Waals surface area contributed by atoms with Crippen molar-refractivity contribution < 1.29 is 27.4 Å². The zero-order valence-corrected chi connectivity index (χ0v) is 14.3. The summed E-state index contributed by atoms with van der Waals surface area (Å²) in [6.07, 6.45) is -3.79. The van der Waals surface area contributed by atoms with Gasteiger partial charge in [-0.05, 0) is 36.2 Å². The molecule has 1 atom stereocenters. The van der Waals surface area contributed by atoms with Gasteiger partial charge in [-0.25, -0.2) is 4.79 Å². The average molecular weight is 378 g/mol. The van der Waals surface area contributed by atoms with Crippen LogP contribution in [-0.4, -0.2) is 30.8 Å². The first-order chi connectivity index (χ1) is 12.9. The second-order valence-corrected chi connectivity index (χ2v) is 6.52. The van der Waals surface area contributed by atoms with Gasteiger partial charge in [0.1, 0.15) is 0 Å². The predicted molar refractivity (Wildman–Crippen MR) is 92.0 cm³/mol. The van der Waals surface area contributed by atoms with Crippen molar-refractivity contribution in [2.45, 2.75) is 18.5 Å². The fourth-order valence-corrected chi connectivity index (χ4v) is 3.42. The van der Waals surface area contributed by atoms with E-state index in [0.29, 0.717) is 24.6 Å². The van der Waals surface area contributed by atoms with Gasteiger partial charge in [0.05, 0.1) is 11.3 Å². The van der Waals surface area contributed by atoms with Crippen molar-refractivity contribution in [2.24, 2.45) is 0 Å². The summed E-state index contributed by atoms with van der Waals surface area (Å²) in [5.74, 6) is 1.47. The standard InChI is InChI=1S/C19H17F3N2O3/c20-19(21,22)14-3-1-2-4-15(14)23-18(25)24-8-7-13(10-24)12-5-6-16-17(9-12)27-11-26-16/h1-6,9,13H,7-8,10-11H2,(H,23,25)/t13-/m0/s1. The zero-order valence-electron chi connectivity index (χ0n) is 14.3. The summed E-state index contributed by atoms with van der Waals surface area (Å²) in [6, 6.07) is 10.1. The number of carbonyl (C=O) groups excluding carboxylic acids is 1. The van der Waals surface area contributed by atoms with Gasteiger partial charge < -0.3 is 19.7 Å². The molecule has 2 heterocycles. The third kappa shape index (κ3) is 3.51. The number of urea groups is 1. The molecular weight excluding hydrogens is 361 g/mol. The highest BCUT2D eigenvalue weighted by Crippen LogP contribution is 2.38. The van der Waals surface area contributed by atoms with Gasteiger partial charge in [-0.1, -0.05) is 18.2 Å². The van der Waals surface area contributed by atoms with Crippen molar-refractivity contribution >= 4 is 11.7 Å². The summed E-state index contributed by atoms with van der Waals surface area (Å²) in [5.41, 5.74) is -0.0726. The smallest absolute Gasteiger partial charge is 0.418 e. The van der Waals surface area contributed by atoms with Crippen molar-refractivity contribution in [3.63, 3.8) is 0 Å². The minimum Gasteiger partial charge on any atom is -0.454 e. The normalized spacial score (nSPS) is 18.6. The highest BCUT2D eigenvalue weighted by atomic mass is 19.4. The molecule has 5 nitrogen and oxygen atoms in total. The number of fused-ring (bicyclic) bond motifs is 1. The van der Waals surface area contributed by atoms with E-state index in [0.717, 1.165) is 18.1 Å². The van der Waals surface area contributed by atoms with Crippen molar-refractivity contribution in [1.82, 2.24) is 4.90 Å². The fraction of sp³-hybridized carbons (Fsp3) is 0.316. The number of nitrogens with one attached hydrogen (secondary N) is 1. The largest absolute Gasteiger partial charge is 0.454 e. The number of rotatable bonds is 2. The lowest BCUT2D eigenvalue weighted by molar-refractivity contribution is -0.136. The molecule has 4 rings (SSSR count). The van der Waals surface area contributed by atoms with Crippen LogP contribution in [0.4, 0.5) is 23.7 Å². The molecule has 2 aliphatic rings. The first kappa shape index (κ1) is 17.5. The summed E-state index contributed by atoms with van der Waals surface area (Å²) in [7, 11) is 0. The number of alkyl halides is 3. The SMILES string of the molecule is O=C(Nc1ccccc1C(F)(F)F)N1CC[C@H](c2ccc3c(c2)OCO3)C1. The number of halogens is 3. The molecule has 0 aromatic heterocycles. The first-order valence-electron chi connectivity index (χ1n) is 8.53. The van der Waals surface area contributed by atoms with Crippen LogP contribution in [0, 0.1) is 0 Å². The van der Waals surface area contributed by atoms with Gasteiger partial charge in [-0.15, -0.1) is 0 Å². The lowest BCUT2D eigenvalue weighted by atomic mass is 9.98. The maximum atomic E-state index is 13.1. The van der Waals surface area contributed by atoms with Crippen LogP contribution in [0.25, 0.3) is 0 Å². The Balaban J connectivity index is 1.44. The van der Waals surface area contributed by atoms with E-state index in [1.165, 1.54) is 23.1 Å². The van der Waals surface area contributed by atoms with Gasteiger partial charge in [0.25, 0.3) is 0 Å². The minimum absolute atomic E-state index is 0.100. The number of anilines is 1. The van der Waals surface area contributed by atoms with Crippen LogP contribution >= 0.6 is 0 Å². The van der Waals surface area contributed by atoms with Gasteiger partial charge in [0.2, 0.25) is 6.79 Å². The van der Waals surface area contributed by atoms with Gasteiger partial charge in [-0.2, -0.15) is 13.2 Å². The highest BCUT2D eigenvalue weighted by Gasteiger charge is 2.35. The number of amides is 2. The van der Waals surface area contributed by atoms with Crippen LogP contribution in [0.3, 0.4) is 0 Å². The van der Waals surface area contributed by atoms with Crippen LogP contribution in [0.5, 0.6) is 11.5 Å². The third-order valence-corrected chi connectivity index (χ3v) is 4.82. The molecule has 0 spiro atoms. The monoisotopic (exact) mass is 378 g/mol. The molecule has 1 N–H and O–H groups in total. The molecule has 0 unspecified atom stereocenters. The highest BCUT2D eigenvalue weighted by molar-refractivity contribution is 5.90. The van der Waals surface area contributed by atoms with Gasteiger partial charge in [0.15, 0.2) is 11.5 Å². The Bertz CT molecular complexity index is 870. The topological polar surface area (TPSA) is 50.8 Å². The Morgan fingerprint density at radius 3 is 2.70 bits per heavy atom. The van der Waals surface area contributed by atoms with Crippen molar-refractivity contribution in [1.29, 1.82) is 0 Å². The second kappa shape index (κ2) is 6.68. The Kier molecular flexibility index (Phi) is 4.33. The van der Waals surface area contributed by atoms with Crippen LogP contribution in [-0.2, 0) is 6.18 Å². The van der Waals surface area contributed by atoms with E-state index >= 15 is 0 Å². The van der Waals surface area contributed by atoms with Crippen molar-refractivity contribution in [2.75, 3.05) is 25.2 Å². The lowest BCUT2D eigenvalue weighted by Gasteiger charge is -2.20. The lowest BCUT2D eigenvalue weighted by Crippen LogP contribution is -2.33. The van der Waals surface area contributed by atoms with Gasteiger partial charge >= 0.3 is 12.2 Å². The van der Waals surface area contributed by atoms with Crippen LogP contribution in [0.15, 0.2) is 42.5 Å². The number of benzene rings is 2. The molecular formula is C19H17F3N2O3. The predicted octanol–water partition coefficient (Wildman–Crippen LogP) is 4.46. The Morgan fingerprint density at radius 2 is 1.89 bits per heavy atom. The molecule has 2 aromatic rings. The molecule has 2 aromatic carbocycles. The van der Waals surface area contributed by atoms with Gasteiger partial charge in [-0.3, -0.25) is 0 Å². The maximum absolute atomic E-state index is 13.1. The number of likely N-dealkylation sites (tertiary alicyclic amines) is 1. The minimum atomic E-state index is -4.52. The molecule has 142 valence electrons. The molecule has 0 aliphatic carbocycles. The van der Waals surface area contributed by atoms with E-state index in [9.17, 15) is 18.0 Å². The number of ether oxygens (including phenoxy) is 2. The first-order valence-corrected chi connectivity index (χ1v) is 8.53. The molecule has 2 aliphatic heterocycles. The Hall–Kier alpha value is -2.90. The van der Waals surface area contributed by atoms with E-state index in [-0.39, 0.29) is 18.4 Å². The van der Waals surface area contributed by atoms with E-state index in [1.807, 2.05) is 18.2 Å². The molecule has 0 saturated carbocycles. The summed E-state index contributed by atoms with van der Waals surface area (Å²) < 4.78 is 49.9. The van der Waals surface area contributed by atoms with E-state index < -0.39 is 17.8 Å². The molecule has 0 bridgehead atoms. The molecule has 0 radical (unpaired) electrons. The van der Waals surface area contributed by atoms with E-state index in [1.54, 1.807) is 0 Å². The Labute approximate surface area is 153 Å². The number of nitrogens with zero attached hydrogens (tertiary/aromatic N) is 1. The van der Waals surface area contributed by atoms with E-state index in [4.69, 9.17) is 9.47 Å². The number of hydrogen-bond donors (Lipinski definition) is 1. The third-order valence-electron chi connectivity index (χ3n) is 4.82. The van der Waals surface area contributed by atoms with Crippen LogP contribution in [0.1, 0.15) is 23.5 Å². The van der Waals surface area contributed by atoms with Crippen LogP contribution in [0.2, 0.25) is 0 Å². The average Bonchev–Trinajstić information content (AvgIpc) is 3.30.